The van der Waals surface area contributed by atoms with Crippen LogP contribution in [0.5, 0.6) is 0 Å². The Balaban J connectivity index is 0. The Morgan fingerprint density at radius 2 is 0.211 bits per heavy atom. The summed E-state index contributed by atoms with van der Waals surface area (Å²) in [4.78, 5) is 0. The molecule has 0 spiro atoms. The van der Waals surface area contributed by atoms with Crippen LogP contribution in [0.4, 0.5) is 0 Å². The van der Waals surface area contributed by atoms with Gasteiger partial charge in [0.15, 0.2) is 0 Å². The number of hydrogen-bond donors (Lipinski definition) is 0. The van der Waals surface area contributed by atoms with Gasteiger partial charge in [-0.15, -0.1) is 0 Å². The molecule has 0 saturated heterocycles. The van der Waals surface area contributed by atoms with Crippen LogP contribution in [-0.4, -0.2) is 0 Å². The summed E-state index contributed by atoms with van der Waals surface area (Å²) < 4.78 is 0. The van der Waals surface area contributed by atoms with Crippen LogP contribution in [0, 0.1) is 0 Å². The second-order valence-electron chi connectivity index (χ2n) is 0. The van der Waals surface area contributed by atoms with Crippen LogP contribution in [-0.2, 0) is 191 Å². The fourth-order valence-electron chi connectivity index (χ4n) is 0. The summed E-state index contributed by atoms with van der Waals surface area (Å²) in [5, 5.41) is 0. The molecule has 0 fully saturated rings. The summed E-state index contributed by atoms with van der Waals surface area (Å²) in [6.45, 7) is 0. The molecule has 0 rings (SSSR count). The molecule has 0 aromatic rings. The summed E-state index contributed by atoms with van der Waals surface area (Å²) in [5.41, 5.74) is 0. The van der Waals surface area contributed by atoms with E-state index in [0.717, 1.165) is 0 Å². The third-order valence-electron chi connectivity index (χ3n) is 0. The Kier molecular flexibility index (Phi) is 38500. The molecule has 0 saturated carbocycles. The summed E-state index contributed by atoms with van der Waals surface area (Å²) in [5.74, 6) is 0. The van der Waals surface area contributed by atoms with Crippen molar-refractivity contribution in [2.75, 3.05) is 0 Å². The first-order chi connectivity index (χ1) is 0. The minimum atomic E-state index is 0. The van der Waals surface area contributed by atoms with Crippen LogP contribution < -0.4 is 0 Å². The Labute approximate surface area is 189 Å². The van der Waals surface area contributed by atoms with Gasteiger partial charge in [-0.2, -0.15) is 0 Å². The first-order valence-electron chi connectivity index (χ1n) is 0. The average molecular weight is 1050 g/mol. The molecular weight excluding hydrogens is 1050 g/mol. The molecule has 0 aliphatic heterocycles. The van der Waals surface area contributed by atoms with Gasteiger partial charge < -0.3 is 71.2 Å². The van der Waals surface area contributed by atoms with Gasteiger partial charge in [-0.3, -0.25) is 0 Å². The van der Waals surface area contributed by atoms with Gasteiger partial charge in [-0.1, -0.05) is 0 Å². The van der Waals surface area contributed by atoms with E-state index in [9.17, 15) is 0 Å². The molecule has 0 N–H and O–H groups in total. The van der Waals surface area contributed by atoms with E-state index in [1.54, 1.807) is 0 Å². The maximum Gasteiger partial charge on any atom is 5.00 e. The molecular formula is Ni2O13Ta2W2-12. The average Bonchev–Trinajstić information content (AvgIpc) is 0. The summed E-state index contributed by atoms with van der Waals surface area (Å²) in [7, 11) is 0. The van der Waals surface area contributed by atoms with Crippen LogP contribution in [0.25, 0.3) is 0 Å². The van der Waals surface area contributed by atoms with Crippen molar-refractivity contribution in [1.29, 1.82) is 0 Å². The minimum Gasteiger partial charge on any atom is -2.00 e. The van der Waals surface area contributed by atoms with E-state index in [1.165, 1.54) is 0 Å². The predicted octanol–water partition coefficient (Wildman–Crippen LogP) is -1.56. The van der Waals surface area contributed by atoms with E-state index in [2.05, 4.69) is 0 Å². The molecule has 19 heavy (non-hydrogen) atoms. The van der Waals surface area contributed by atoms with Gasteiger partial charge in [0.25, 0.3) is 0 Å². The van der Waals surface area contributed by atoms with Crippen molar-refractivity contribution in [2.24, 2.45) is 0 Å². The fourth-order valence-corrected chi connectivity index (χ4v) is 0. The van der Waals surface area contributed by atoms with Crippen LogP contribution in [0.2, 0.25) is 0 Å². The van der Waals surface area contributed by atoms with Crippen molar-refractivity contribution >= 4 is 0 Å². The molecule has 132 valence electrons. The zero-order chi connectivity index (χ0) is 0. The maximum absolute atomic E-state index is 0. The molecule has 13 nitrogen and oxygen atoms in total. The van der Waals surface area contributed by atoms with Gasteiger partial charge in [0.2, 0.25) is 0 Å². The van der Waals surface area contributed by atoms with Crippen molar-refractivity contribution in [2.45, 2.75) is 0 Å². The molecule has 0 aromatic carbocycles. The molecule has 0 aromatic heterocycles. The molecule has 0 unspecified atom stereocenters. The maximum atomic E-state index is 0. The molecule has 0 atom stereocenters. The number of rotatable bonds is 0. The molecule has 0 amide bonds. The van der Waals surface area contributed by atoms with Gasteiger partial charge in [-0.05, 0) is 0 Å². The standard InChI is InChI=1S/2Ni.13O.2Ta.2W/q2*+2;13*-2;2*+5;;. The quantitative estimate of drug-likeness (QED) is 0.249. The van der Waals surface area contributed by atoms with Gasteiger partial charge in [-0.25, -0.2) is 0 Å². The molecule has 0 aliphatic carbocycles. The zero-order valence-corrected chi connectivity index (χ0v) is 21.9. The van der Waals surface area contributed by atoms with E-state index in [0.29, 0.717) is 0 Å². The monoisotopic (exact) mass is 1050 g/mol. The van der Waals surface area contributed by atoms with Crippen LogP contribution in [0.1, 0.15) is 0 Å². The third-order valence-corrected chi connectivity index (χ3v) is 0. The smallest absolute Gasteiger partial charge is 2.00 e. The van der Waals surface area contributed by atoms with E-state index >= 15 is 0 Å². The summed E-state index contributed by atoms with van der Waals surface area (Å²) in [6, 6.07) is 0. The SMILES string of the molecule is [Ni+2].[Ni+2].[O-2].[O-2].[O-2].[O-2].[O-2].[O-2].[O-2].[O-2].[O-2].[O-2].[O-2].[O-2].[O-2].[Ta+5].[Ta+5].[W].[W]. The van der Waals surface area contributed by atoms with E-state index in [1.807, 2.05) is 0 Å². The first kappa shape index (κ1) is 919. The van der Waals surface area contributed by atoms with Gasteiger partial charge in [0, 0.05) is 42.1 Å². The molecule has 0 heterocycles. The largest absolute Gasteiger partial charge is 5.00 e. The van der Waals surface area contributed by atoms with Gasteiger partial charge in [0.1, 0.15) is 0 Å². The Morgan fingerprint density at radius 3 is 0.211 bits per heavy atom. The second kappa shape index (κ2) is 797. The fraction of sp³-hybridized carbons (Fsp3) is 0. The van der Waals surface area contributed by atoms with Crippen molar-refractivity contribution in [3.05, 3.63) is 0 Å². The Morgan fingerprint density at radius 1 is 0.211 bits per heavy atom. The predicted molar refractivity (Wildman–Crippen MR) is 8.92 cm³/mol. The van der Waals surface area contributed by atoms with E-state index < -0.39 is 0 Å². The van der Waals surface area contributed by atoms with Gasteiger partial charge >= 0.3 is 77.7 Å². The van der Waals surface area contributed by atoms with Crippen LogP contribution >= 0.6 is 0 Å². The zero-order valence-electron chi connectivity index (χ0n) is 7.65. The van der Waals surface area contributed by atoms with Crippen molar-refractivity contribution in [3.63, 3.8) is 0 Å². The molecule has 19 heteroatoms. The van der Waals surface area contributed by atoms with Crippen molar-refractivity contribution < 1.29 is 191 Å². The second-order valence-corrected chi connectivity index (χ2v) is 0. The van der Waals surface area contributed by atoms with Crippen molar-refractivity contribution in [1.82, 2.24) is 0 Å². The number of hydrogen-bond acceptors (Lipinski definition) is 0. The Hall–Kier alpha value is 3.32. The minimum absolute atomic E-state index is 0. The first-order valence-corrected chi connectivity index (χ1v) is 0. The normalized spacial score (nSPS) is 0. The van der Waals surface area contributed by atoms with Crippen molar-refractivity contribution in [3.8, 4) is 0 Å². The van der Waals surface area contributed by atoms with E-state index in [4.69, 9.17) is 0 Å². The topological polar surface area (TPSA) is 370 Å². The van der Waals surface area contributed by atoms with E-state index in [-0.39, 0.29) is 191 Å². The van der Waals surface area contributed by atoms with Gasteiger partial charge in [0.05, 0.1) is 0 Å². The van der Waals surface area contributed by atoms with Crippen LogP contribution in [0.15, 0.2) is 0 Å². The molecule has 0 aliphatic rings. The summed E-state index contributed by atoms with van der Waals surface area (Å²) >= 11 is 0. The third kappa shape index (κ3) is 721. The summed E-state index contributed by atoms with van der Waals surface area (Å²) in [6.07, 6.45) is 0. The Bertz CT molecular complexity index is 26.6. The van der Waals surface area contributed by atoms with Crippen LogP contribution in [0.3, 0.4) is 0 Å². The molecule has 0 radical (unpaired) electrons. The molecule has 0 bridgehead atoms.